The maximum atomic E-state index is 13.0. The minimum atomic E-state index is -0.422. The molecule has 13 heavy (non-hydrogen) atoms. The lowest BCUT2D eigenvalue weighted by Gasteiger charge is -1.87. The second-order valence-electron chi connectivity index (χ2n) is 2.66. The zero-order chi connectivity index (χ0) is 9.26. The minimum absolute atomic E-state index is 0.0614. The van der Waals surface area contributed by atoms with Gasteiger partial charge in [-0.3, -0.25) is 0 Å². The fourth-order valence-electron chi connectivity index (χ4n) is 1.22. The van der Waals surface area contributed by atoms with Crippen LogP contribution in [0.3, 0.4) is 0 Å². The Balaban J connectivity index is 2.61. The molecule has 0 bridgehead atoms. The van der Waals surface area contributed by atoms with Gasteiger partial charge in [0, 0.05) is 5.39 Å². The highest BCUT2D eigenvalue weighted by atomic mass is 19.1. The number of halogens is 1. The molecule has 0 aliphatic carbocycles. The van der Waals surface area contributed by atoms with E-state index in [1.165, 1.54) is 6.07 Å². The second kappa shape index (κ2) is 2.97. The molecule has 0 aliphatic heterocycles. The molecule has 1 aromatic heterocycles. The van der Waals surface area contributed by atoms with Crippen LogP contribution in [0, 0.1) is 10.7 Å². The molecule has 3 nitrogen and oxygen atoms in total. The molecule has 0 atom stereocenters. The van der Waals surface area contributed by atoms with Gasteiger partial charge in [0.05, 0.1) is 0 Å². The van der Waals surface area contributed by atoms with E-state index in [0.717, 1.165) is 0 Å². The van der Waals surface area contributed by atoms with Crippen molar-refractivity contribution >= 4 is 11.0 Å². The largest absolute Gasteiger partial charge is 0.456 e. The van der Waals surface area contributed by atoms with Gasteiger partial charge in [0.25, 0.3) is 0 Å². The lowest BCUT2D eigenvalue weighted by molar-refractivity contribution is 0.521. The van der Waals surface area contributed by atoms with Crippen molar-refractivity contribution in [1.82, 2.24) is 0 Å². The zero-order valence-corrected chi connectivity index (χ0v) is 6.66. The third-order valence-corrected chi connectivity index (χ3v) is 1.77. The highest BCUT2D eigenvalue weighted by Gasteiger charge is 2.06. The van der Waals surface area contributed by atoms with Crippen LogP contribution in [0.5, 0.6) is 0 Å². The van der Waals surface area contributed by atoms with E-state index < -0.39 is 5.82 Å². The molecular weight excluding hydrogens is 173 g/mol. The predicted octanol–water partition coefficient (Wildman–Crippen LogP) is 2.84. The maximum absolute atomic E-state index is 13.0. The van der Waals surface area contributed by atoms with Crippen molar-refractivity contribution in [3.8, 4) is 0 Å². The van der Waals surface area contributed by atoms with E-state index in [4.69, 9.17) is 4.42 Å². The lowest BCUT2D eigenvalue weighted by Crippen LogP contribution is -1.72. The van der Waals surface area contributed by atoms with Crippen molar-refractivity contribution in [1.29, 1.82) is 0 Å². The first-order chi connectivity index (χ1) is 6.31. The third kappa shape index (κ3) is 1.30. The Kier molecular flexibility index (Phi) is 1.81. The normalized spacial score (nSPS) is 10.5. The number of para-hydroxylation sites is 1. The molecule has 2 rings (SSSR count). The molecular formula is C9H6FNO2. The summed E-state index contributed by atoms with van der Waals surface area (Å²) in [6.07, 6.45) is 0. The summed E-state index contributed by atoms with van der Waals surface area (Å²) in [6.45, 7) is -0.0614. The van der Waals surface area contributed by atoms with Crippen LogP contribution >= 0.6 is 0 Å². The molecule has 0 N–H and O–H groups in total. The molecule has 0 aliphatic rings. The van der Waals surface area contributed by atoms with Crippen LogP contribution in [0.25, 0.3) is 11.0 Å². The third-order valence-electron chi connectivity index (χ3n) is 1.77. The van der Waals surface area contributed by atoms with E-state index in [1.54, 1.807) is 18.2 Å². The van der Waals surface area contributed by atoms with Gasteiger partial charge in [-0.2, -0.15) is 4.91 Å². The number of nitrogens with zero attached hydrogens (tertiary/aromatic N) is 1. The van der Waals surface area contributed by atoms with Crippen molar-refractivity contribution in [2.75, 3.05) is 0 Å². The van der Waals surface area contributed by atoms with E-state index in [0.29, 0.717) is 11.1 Å². The average Bonchev–Trinajstić information content (AvgIpc) is 2.49. The molecule has 2 aromatic rings. The number of fused-ring (bicyclic) bond motifs is 1. The Morgan fingerprint density at radius 2 is 2.31 bits per heavy atom. The summed E-state index contributed by atoms with van der Waals surface area (Å²) in [5.74, 6) is -0.0373. The van der Waals surface area contributed by atoms with Crippen LogP contribution < -0.4 is 0 Å². The van der Waals surface area contributed by atoms with Gasteiger partial charge in [-0.1, -0.05) is 17.3 Å². The van der Waals surface area contributed by atoms with Gasteiger partial charge < -0.3 is 4.42 Å². The van der Waals surface area contributed by atoms with Crippen molar-refractivity contribution in [3.05, 3.63) is 40.8 Å². The van der Waals surface area contributed by atoms with Crippen LogP contribution in [-0.4, -0.2) is 0 Å². The van der Waals surface area contributed by atoms with E-state index in [-0.39, 0.29) is 12.1 Å². The van der Waals surface area contributed by atoms with Gasteiger partial charge in [-0.25, -0.2) is 4.39 Å². The second-order valence-corrected chi connectivity index (χ2v) is 2.66. The van der Waals surface area contributed by atoms with Crippen LogP contribution in [0.15, 0.2) is 33.9 Å². The molecule has 0 radical (unpaired) electrons. The number of nitroso groups, excluding NO2 is 1. The Morgan fingerprint density at radius 1 is 1.46 bits per heavy atom. The van der Waals surface area contributed by atoms with Crippen molar-refractivity contribution in [3.63, 3.8) is 0 Å². The summed E-state index contributed by atoms with van der Waals surface area (Å²) < 4.78 is 18.1. The van der Waals surface area contributed by atoms with Gasteiger partial charge in [-0.05, 0) is 12.1 Å². The number of benzene rings is 1. The number of hydrogen-bond acceptors (Lipinski definition) is 3. The first kappa shape index (κ1) is 7.91. The van der Waals surface area contributed by atoms with E-state index >= 15 is 0 Å². The standard InChI is InChI=1S/C9H6FNO2/c10-8-3-1-2-6-4-7(5-11-12)13-9(6)8/h1-4H,5H2. The lowest BCUT2D eigenvalue weighted by atomic mass is 10.2. The molecule has 0 saturated heterocycles. The molecule has 66 valence electrons. The van der Waals surface area contributed by atoms with Crippen molar-refractivity contribution in [2.45, 2.75) is 6.54 Å². The average molecular weight is 179 g/mol. The van der Waals surface area contributed by atoms with Gasteiger partial charge in [-0.15, -0.1) is 0 Å². The predicted molar refractivity (Wildman–Crippen MR) is 45.7 cm³/mol. The fraction of sp³-hybridized carbons (Fsp3) is 0.111. The first-order valence-corrected chi connectivity index (χ1v) is 3.77. The van der Waals surface area contributed by atoms with Crippen molar-refractivity contribution < 1.29 is 8.81 Å². The summed E-state index contributed by atoms with van der Waals surface area (Å²) >= 11 is 0. The van der Waals surface area contributed by atoms with Crippen LogP contribution in [-0.2, 0) is 6.54 Å². The molecule has 1 aromatic carbocycles. The maximum Gasteiger partial charge on any atom is 0.169 e. The quantitative estimate of drug-likeness (QED) is 0.665. The van der Waals surface area contributed by atoms with Crippen LogP contribution in [0.4, 0.5) is 4.39 Å². The SMILES string of the molecule is O=NCc1cc2cccc(F)c2o1. The molecule has 0 amide bonds. The van der Waals surface area contributed by atoms with Crippen molar-refractivity contribution in [2.24, 2.45) is 5.18 Å². The molecule has 1 heterocycles. The molecule has 0 fully saturated rings. The summed E-state index contributed by atoms with van der Waals surface area (Å²) in [5.41, 5.74) is 0.182. The number of hydrogen-bond donors (Lipinski definition) is 0. The zero-order valence-electron chi connectivity index (χ0n) is 6.66. The Hall–Kier alpha value is -1.71. The highest BCUT2D eigenvalue weighted by molar-refractivity contribution is 5.78. The Bertz CT molecular complexity index is 450. The van der Waals surface area contributed by atoms with Gasteiger partial charge in [0.2, 0.25) is 0 Å². The molecule has 4 heteroatoms. The summed E-state index contributed by atoms with van der Waals surface area (Å²) in [5, 5.41) is 3.32. The van der Waals surface area contributed by atoms with Gasteiger partial charge in [0.15, 0.2) is 11.4 Å². The number of furan rings is 1. The van der Waals surface area contributed by atoms with E-state index in [1.807, 2.05) is 0 Å². The highest BCUT2D eigenvalue weighted by Crippen LogP contribution is 2.22. The molecule has 0 spiro atoms. The van der Waals surface area contributed by atoms with Crippen LogP contribution in [0.2, 0.25) is 0 Å². The minimum Gasteiger partial charge on any atom is -0.456 e. The Morgan fingerprint density at radius 3 is 3.00 bits per heavy atom. The fourth-order valence-corrected chi connectivity index (χ4v) is 1.22. The monoisotopic (exact) mass is 179 g/mol. The summed E-state index contributed by atoms with van der Waals surface area (Å²) in [6, 6.07) is 6.23. The summed E-state index contributed by atoms with van der Waals surface area (Å²) in [7, 11) is 0. The first-order valence-electron chi connectivity index (χ1n) is 3.77. The molecule has 0 unspecified atom stereocenters. The van der Waals surface area contributed by atoms with E-state index in [9.17, 15) is 9.30 Å². The van der Waals surface area contributed by atoms with Gasteiger partial charge >= 0.3 is 0 Å². The number of rotatable bonds is 2. The van der Waals surface area contributed by atoms with Gasteiger partial charge in [0.1, 0.15) is 12.3 Å². The Labute approximate surface area is 73.1 Å². The topological polar surface area (TPSA) is 42.6 Å². The molecule has 0 saturated carbocycles. The van der Waals surface area contributed by atoms with E-state index in [2.05, 4.69) is 5.18 Å². The summed E-state index contributed by atoms with van der Waals surface area (Å²) in [4.78, 5) is 9.93. The van der Waals surface area contributed by atoms with Crippen LogP contribution in [0.1, 0.15) is 5.76 Å². The smallest absolute Gasteiger partial charge is 0.169 e.